The number of sulfone groups is 2. The molecule has 2 saturated heterocycles. The van der Waals surface area contributed by atoms with E-state index in [1.54, 1.807) is 12.1 Å². The van der Waals surface area contributed by atoms with Crippen molar-refractivity contribution in [3.8, 4) is 0 Å². The van der Waals surface area contributed by atoms with E-state index in [4.69, 9.17) is 0 Å². The zero-order valence-electron chi connectivity index (χ0n) is 17.1. The van der Waals surface area contributed by atoms with E-state index in [0.29, 0.717) is 13.1 Å². The van der Waals surface area contributed by atoms with Crippen LogP contribution in [0.2, 0.25) is 0 Å². The van der Waals surface area contributed by atoms with Crippen LogP contribution in [0.4, 0.5) is 5.69 Å². The lowest BCUT2D eigenvalue weighted by atomic mass is 10.1. The highest BCUT2D eigenvalue weighted by Gasteiger charge is 2.48. The summed E-state index contributed by atoms with van der Waals surface area (Å²) in [6.07, 6.45) is 0.826. The fourth-order valence-corrected chi connectivity index (χ4v) is 9.30. The molecule has 0 amide bonds. The minimum absolute atomic E-state index is 0.0880. The molecular weight excluding hydrogens is 420 g/mol. The quantitative estimate of drug-likeness (QED) is 0.697. The van der Waals surface area contributed by atoms with Crippen LogP contribution in [0.15, 0.2) is 59.5 Å². The third kappa shape index (κ3) is 4.26. The lowest BCUT2D eigenvalue weighted by Crippen LogP contribution is -2.55. The van der Waals surface area contributed by atoms with Gasteiger partial charge >= 0.3 is 0 Å². The molecule has 162 valence electrons. The molecule has 2 aliphatic heterocycles. The Bertz CT molecular complexity index is 1080. The maximum absolute atomic E-state index is 13.4. The van der Waals surface area contributed by atoms with E-state index < -0.39 is 31.0 Å². The third-order valence-corrected chi connectivity index (χ3v) is 10.4. The molecule has 6 nitrogen and oxygen atoms in total. The first-order valence-corrected chi connectivity index (χ1v) is 13.7. The van der Waals surface area contributed by atoms with Gasteiger partial charge in [-0.3, -0.25) is 4.90 Å². The van der Waals surface area contributed by atoms with Gasteiger partial charge in [0, 0.05) is 37.9 Å². The zero-order valence-corrected chi connectivity index (χ0v) is 18.8. The van der Waals surface area contributed by atoms with Gasteiger partial charge in [-0.15, -0.1) is 0 Å². The summed E-state index contributed by atoms with van der Waals surface area (Å²) in [6, 6.07) is 16.4. The Kier molecular flexibility index (Phi) is 5.92. The van der Waals surface area contributed by atoms with Gasteiger partial charge in [-0.25, -0.2) is 16.8 Å². The number of nitrogens with zero attached hydrogens (tertiary/aromatic N) is 2. The van der Waals surface area contributed by atoms with Gasteiger partial charge in [-0.05, 0) is 36.2 Å². The summed E-state index contributed by atoms with van der Waals surface area (Å²) in [7, 11) is -7.13. The molecule has 2 aromatic rings. The van der Waals surface area contributed by atoms with E-state index in [-0.39, 0.29) is 16.4 Å². The Morgan fingerprint density at radius 2 is 1.53 bits per heavy atom. The van der Waals surface area contributed by atoms with Crippen molar-refractivity contribution in [2.45, 2.75) is 29.5 Å². The summed E-state index contributed by atoms with van der Waals surface area (Å²) in [5.41, 5.74) is 2.19. The molecule has 0 unspecified atom stereocenters. The first kappa shape index (κ1) is 21.3. The molecule has 2 fully saturated rings. The van der Waals surface area contributed by atoms with Crippen LogP contribution < -0.4 is 4.90 Å². The highest BCUT2D eigenvalue weighted by Crippen LogP contribution is 2.30. The van der Waals surface area contributed by atoms with Gasteiger partial charge in [0.25, 0.3) is 0 Å². The standard InChI is InChI=1S/C22H28N2O4S2/c1-2-18-8-10-20(11-9-18)30(27,28)22-17-29(25,26)16-21(22)24-14-12-23(13-15-24)19-6-4-3-5-7-19/h3-11,21-22H,2,12-17H2,1H3/t21-,22+/m1/s1. The van der Waals surface area contributed by atoms with Crippen LogP contribution in [0.5, 0.6) is 0 Å². The zero-order chi connectivity index (χ0) is 21.4. The Hall–Kier alpha value is -1.90. The molecule has 0 aliphatic carbocycles. The first-order valence-electron chi connectivity index (χ1n) is 10.4. The Labute approximate surface area is 179 Å². The fourth-order valence-electron chi connectivity index (χ4n) is 4.47. The van der Waals surface area contributed by atoms with Gasteiger partial charge < -0.3 is 4.90 Å². The second kappa shape index (κ2) is 8.32. The predicted octanol–water partition coefficient (Wildman–Crippen LogP) is 2.01. The van der Waals surface area contributed by atoms with Gasteiger partial charge in [-0.2, -0.15) is 0 Å². The minimum Gasteiger partial charge on any atom is -0.369 e. The number of aryl methyl sites for hydroxylation is 1. The second-order valence-corrected chi connectivity index (χ2v) is 12.4. The molecule has 0 spiro atoms. The molecular formula is C22H28N2O4S2. The molecule has 2 atom stereocenters. The Morgan fingerprint density at radius 3 is 2.13 bits per heavy atom. The molecule has 2 aromatic carbocycles. The van der Waals surface area contributed by atoms with Gasteiger partial charge in [0.1, 0.15) is 0 Å². The molecule has 2 heterocycles. The highest BCUT2D eigenvalue weighted by molar-refractivity contribution is 7.96. The van der Waals surface area contributed by atoms with Crippen LogP contribution >= 0.6 is 0 Å². The van der Waals surface area contributed by atoms with Crippen molar-refractivity contribution in [2.24, 2.45) is 0 Å². The summed E-state index contributed by atoms with van der Waals surface area (Å²) in [5.74, 6) is -0.385. The van der Waals surface area contributed by atoms with Crippen LogP contribution in [-0.2, 0) is 26.1 Å². The first-order chi connectivity index (χ1) is 14.3. The van der Waals surface area contributed by atoms with Crippen molar-refractivity contribution in [3.05, 3.63) is 60.2 Å². The van der Waals surface area contributed by atoms with Crippen molar-refractivity contribution >= 4 is 25.4 Å². The number of para-hydroxylation sites is 1. The molecule has 30 heavy (non-hydrogen) atoms. The summed E-state index contributed by atoms with van der Waals surface area (Å²) in [5, 5.41) is -0.918. The average molecular weight is 449 g/mol. The number of benzene rings is 2. The normalized spacial score (nSPS) is 24.8. The lowest BCUT2D eigenvalue weighted by Gasteiger charge is -2.40. The van der Waals surface area contributed by atoms with Gasteiger partial charge in [0.15, 0.2) is 19.7 Å². The van der Waals surface area contributed by atoms with E-state index >= 15 is 0 Å². The summed E-state index contributed by atoms with van der Waals surface area (Å²) in [4.78, 5) is 4.54. The van der Waals surface area contributed by atoms with E-state index in [0.717, 1.165) is 30.8 Å². The molecule has 4 rings (SSSR count). The number of hydrogen-bond acceptors (Lipinski definition) is 6. The molecule has 2 aliphatic rings. The summed E-state index contributed by atoms with van der Waals surface area (Å²) in [6.45, 7) is 4.81. The lowest BCUT2D eigenvalue weighted by molar-refractivity contribution is 0.201. The van der Waals surface area contributed by atoms with Gasteiger partial charge in [0.2, 0.25) is 0 Å². The second-order valence-electron chi connectivity index (χ2n) is 8.08. The Morgan fingerprint density at radius 1 is 0.900 bits per heavy atom. The van der Waals surface area contributed by atoms with Crippen LogP contribution in [0.25, 0.3) is 0 Å². The largest absolute Gasteiger partial charge is 0.369 e. The third-order valence-electron chi connectivity index (χ3n) is 6.24. The molecule has 0 radical (unpaired) electrons. The summed E-state index contributed by atoms with van der Waals surface area (Å²) < 4.78 is 51.6. The molecule has 0 bridgehead atoms. The van der Waals surface area contributed by atoms with Crippen LogP contribution in [-0.4, -0.2) is 70.7 Å². The van der Waals surface area contributed by atoms with Gasteiger partial charge in [-0.1, -0.05) is 37.3 Å². The smallest absolute Gasteiger partial charge is 0.183 e. The molecule has 0 saturated carbocycles. The number of piperazine rings is 1. The maximum atomic E-state index is 13.4. The van der Waals surface area contributed by atoms with Crippen LogP contribution in [0, 0.1) is 0 Å². The van der Waals surface area contributed by atoms with E-state index in [1.165, 1.54) is 0 Å². The topological polar surface area (TPSA) is 74.8 Å². The SMILES string of the molecule is CCc1ccc(S(=O)(=O)[C@H]2CS(=O)(=O)C[C@H]2N2CCN(c3ccccc3)CC2)cc1. The monoisotopic (exact) mass is 448 g/mol. The van der Waals surface area contributed by atoms with Crippen molar-refractivity contribution in [3.63, 3.8) is 0 Å². The Balaban J connectivity index is 1.54. The number of anilines is 1. The highest BCUT2D eigenvalue weighted by atomic mass is 32.2. The molecule has 0 N–H and O–H groups in total. The minimum atomic E-state index is -3.73. The van der Waals surface area contributed by atoms with E-state index in [2.05, 4.69) is 21.9 Å². The van der Waals surface area contributed by atoms with Crippen molar-refractivity contribution < 1.29 is 16.8 Å². The fraction of sp³-hybridized carbons (Fsp3) is 0.455. The van der Waals surface area contributed by atoms with Crippen molar-refractivity contribution in [1.82, 2.24) is 4.90 Å². The number of rotatable bonds is 5. The van der Waals surface area contributed by atoms with E-state index in [9.17, 15) is 16.8 Å². The van der Waals surface area contributed by atoms with E-state index in [1.807, 2.05) is 37.3 Å². The molecule has 0 aromatic heterocycles. The maximum Gasteiger partial charge on any atom is 0.183 e. The van der Waals surface area contributed by atoms with Crippen molar-refractivity contribution in [1.29, 1.82) is 0 Å². The molecule has 8 heteroatoms. The van der Waals surface area contributed by atoms with Crippen LogP contribution in [0.1, 0.15) is 12.5 Å². The van der Waals surface area contributed by atoms with Crippen molar-refractivity contribution in [2.75, 3.05) is 42.6 Å². The average Bonchev–Trinajstić information content (AvgIpc) is 3.11. The van der Waals surface area contributed by atoms with Gasteiger partial charge in [0.05, 0.1) is 21.7 Å². The number of hydrogen-bond donors (Lipinski definition) is 0. The predicted molar refractivity (Wildman–Crippen MR) is 119 cm³/mol. The van der Waals surface area contributed by atoms with Crippen LogP contribution in [0.3, 0.4) is 0 Å². The summed E-state index contributed by atoms with van der Waals surface area (Å²) >= 11 is 0.